The molecule has 0 fully saturated rings. The van der Waals surface area contributed by atoms with E-state index >= 15 is 0 Å². The van der Waals surface area contributed by atoms with E-state index in [-0.39, 0.29) is 5.91 Å². The normalized spacial score (nSPS) is 10.7. The topological polar surface area (TPSA) is 69.6 Å². The Kier molecular flexibility index (Phi) is 5.68. The minimum Gasteiger partial charge on any atom is -0.494 e. The number of aryl methyl sites for hydroxylation is 2. The molecule has 1 aromatic heterocycles. The van der Waals surface area contributed by atoms with Crippen molar-refractivity contribution in [3.05, 3.63) is 59.3 Å². The van der Waals surface area contributed by atoms with Crippen molar-refractivity contribution in [3.63, 3.8) is 0 Å². The van der Waals surface area contributed by atoms with Crippen molar-refractivity contribution in [2.45, 2.75) is 27.3 Å². The highest BCUT2D eigenvalue weighted by Crippen LogP contribution is 2.30. The van der Waals surface area contributed by atoms with E-state index in [0.717, 1.165) is 22.2 Å². The summed E-state index contributed by atoms with van der Waals surface area (Å²) in [4.78, 5) is 24.6. The van der Waals surface area contributed by atoms with Crippen molar-refractivity contribution < 1.29 is 19.1 Å². The van der Waals surface area contributed by atoms with E-state index in [2.05, 4.69) is 5.32 Å². The Balaban J connectivity index is 1.94. The Morgan fingerprint density at radius 2 is 1.79 bits per heavy atom. The van der Waals surface area contributed by atoms with Crippen LogP contribution in [0.3, 0.4) is 0 Å². The van der Waals surface area contributed by atoms with Crippen LogP contribution in [0.1, 0.15) is 40.3 Å². The van der Waals surface area contributed by atoms with E-state index < -0.39 is 5.97 Å². The lowest BCUT2D eigenvalue weighted by atomic mass is 10.1. The van der Waals surface area contributed by atoms with Crippen LogP contribution < -0.4 is 10.1 Å². The maximum atomic E-state index is 13.0. The zero-order valence-corrected chi connectivity index (χ0v) is 16.5. The molecule has 6 nitrogen and oxygen atoms in total. The molecule has 146 valence electrons. The molecule has 0 spiro atoms. The van der Waals surface area contributed by atoms with Gasteiger partial charge in [-0.25, -0.2) is 4.79 Å². The number of benzene rings is 2. The van der Waals surface area contributed by atoms with Crippen LogP contribution in [0.25, 0.3) is 10.9 Å². The van der Waals surface area contributed by atoms with Gasteiger partial charge in [-0.3, -0.25) is 4.79 Å². The number of esters is 1. The summed E-state index contributed by atoms with van der Waals surface area (Å²) in [6.45, 7) is 7.16. The van der Waals surface area contributed by atoms with Gasteiger partial charge in [0.2, 0.25) is 0 Å². The summed E-state index contributed by atoms with van der Waals surface area (Å²) in [7, 11) is 1.33. The largest absolute Gasteiger partial charge is 0.494 e. The third-order valence-corrected chi connectivity index (χ3v) is 4.69. The Bertz CT molecular complexity index is 1020. The highest BCUT2D eigenvalue weighted by Gasteiger charge is 2.20. The number of amides is 1. The summed E-state index contributed by atoms with van der Waals surface area (Å²) in [5.41, 5.74) is 3.56. The van der Waals surface area contributed by atoms with Crippen molar-refractivity contribution in [2.24, 2.45) is 0 Å². The molecule has 0 unspecified atom stereocenters. The van der Waals surface area contributed by atoms with Crippen LogP contribution in [0.4, 0.5) is 5.69 Å². The van der Waals surface area contributed by atoms with Gasteiger partial charge in [-0.2, -0.15) is 0 Å². The van der Waals surface area contributed by atoms with Crippen LogP contribution in [0, 0.1) is 6.92 Å². The molecule has 0 bridgehead atoms. The number of hydrogen-bond donors (Lipinski definition) is 1. The fraction of sp³-hybridized carbons (Fsp3) is 0.273. The lowest BCUT2D eigenvalue weighted by molar-refractivity contribution is 0.0600. The van der Waals surface area contributed by atoms with E-state index in [1.165, 1.54) is 7.11 Å². The molecule has 1 N–H and O–H groups in total. The van der Waals surface area contributed by atoms with Crippen molar-refractivity contribution in [1.82, 2.24) is 4.57 Å². The Morgan fingerprint density at radius 1 is 1.07 bits per heavy atom. The highest BCUT2D eigenvalue weighted by atomic mass is 16.5. The molecule has 2 aromatic carbocycles. The molecular formula is C22H24N2O4. The number of aromatic nitrogens is 1. The first kappa shape index (κ1) is 19.5. The van der Waals surface area contributed by atoms with Crippen LogP contribution >= 0.6 is 0 Å². The average molecular weight is 380 g/mol. The van der Waals surface area contributed by atoms with Crippen molar-refractivity contribution >= 4 is 28.5 Å². The number of nitrogens with zero attached hydrogens (tertiary/aromatic N) is 1. The lowest BCUT2D eigenvalue weighted by Crippen LogP contribution is -2.18. The van der Waals surface area contributed by atoms with E-state index in [0.29, 0.717) is 30.1 Å². The molecule has 0 aliphatic carbocycles. The summed E-state index contributed by atoms with van der Waals surface area (Å²) in [5.74, 6) is 0.181. The summed E-state index contributed by atoms with van der Waals surface area (Å²) >= 11 is 0. The zero-order valence-electron chi connectivity index (χ0n) is 16.5. The Labute approximate surface area is 164 Å². The number of carbonyl (C=O) groups excluding carboxylic acids is 2. The van der Waals surface area contributed by atoms with E-state index in [9.17, 15) is 9.59 Å². The van der Waals surface area contributed by atoms with Gasteiger partial charge in [-0.05, 0) is 68.8 Å². The molecule has 0 saturated heterocycles. The summed E-state index contributed by atoms with van der Waals surface area (Å²) < 4.78 is 12.3. The molecule has 28 heavy (non-hydrogen) atoms. The van der Waals surface area contributed by atoms with Crippen molar-refractivity contribution in [2.75, 3.05) is 19.0 Å². The fourth-order valence-electron chi connectivity index (χ4n) is 3.38. The van der Waals surface area contributed by atoms with Crippen LogP contribution in [0.15, 0.2) is 42.5 Å². The average Bonchev–Trinajstić information content (AvgIpc) is 2.99. The van der Waals surface area contributed by atoms with Gasteiger partial charge < -0.3 is 19.4 Å². The smallest absolute Gasteiger partial charge is 0.337 e. The van der Waals surface area contributed by atoms with Gasteiger partial charge in [0, 0.05) is 23.1 Å². The molecule has 1 heterocycles. The van der Waals surface area contributed by atoms with Gasteiger partial charge >= 0.3 is 5.97 Å². The number of ether oxygens (including phenoxy) is 2. The van der Waals surface area contributed by atoms with Crippen LogP contribution in [0.2, 0.25) is 0 Å². The molecule has 1 amide bonds. The predicted octanol–water partition coefficient (Wildman–Crippen LogP) is 4.41. The minimum absolute atomic E-state index is 0.195. The summed E-state index contributed by atoms with van der Waals surface area (Å²) in [6.07, 6.45) is 0. The van der Waals surface area contributed by atoms with Gasteiger partial charge in [0.25, 0.3) is 5.91 Å². The number of hydrogen-bond acceptors (Lipinski definition) is 4. The molecule has 0 saturated carbocycles. The second kappa shape index (κ2) is 8.17. The zero-order chi connectivity index (χ0) is 20.3. The molecule has 6 heteroatoms. The summed E-state index contributed by atoms with van der Waals surface area (Å²) in [6, 6.07) is 12.5. The maximum Gasteiger partial charge on any atom is 0.337 e. The molecule has 3 aromatic rings. The van der Waals surface area contributed by atoms with Gasteiger partial charge in [0.05, 0.1) is 19.3 Å². The Hall–Kier alpha value is -3.28. The van der Waals surface area contributed by atoms with Gasteiger partial charge in [0.15, 0.2) is 0 Å². The third-order valence-electron chi connectivity index (χ3n) is 4.69. The molecule has 3 rings (SSSR count). The fourth-order valence-corrected chi connectivity index (χ4v) is 3.38. The molecule has 0 aliphatic heterocycles. The van der Waals surface area contributed by atoms with Crippen molar-refractivity contribution in [1.29, 1.82) is 0 Å². The highest BCUT2D eigenvalue weighted by molar-refractivity contribution is 6.08. The number of rotatable bonds is 6. The third kappa shape index (κ3) is 3.58. The first-order valence-corrected chi connectivity index (χ1v) is 9.25. The Morgan fingerprint density at radius 3 is 2.39 bits per heavy atom. The van der Waals surface area contributed by atoms with E-state index in [1.807, 2.05) is 43.5 Å². The number of carbonyl (C=O) groups is 2. The standard InChI is InChI=1S/C22H24N2O4/c1-5-24-19-12-11-17(28-6-2)13-18(19)14(3)20(24)21(25)23-16-9-7-15(8-10-16)22(26)27-4/h7-13H,5-6H2,1-4H3,(H,23,25). The lowest BCUT2D eigenvalue weighted by Gasteiger charge is -2.10. The van der Waals surface area contributed by atoms with Gasteiger partial charge in [0.1, 0.15) is 11.4 Å². The second-order valence-electron chi connectivity index (χ2n) is 6.35. The summed E-state index contributed by atoms with van der Waals surface area (Å²) in [5, 5.41) is 3.91. The van der Waals surface area contributed by atoms with Crippen LogP contribution in [-0.2, 0) is 11.3 Å². The first-order chi connectivity index (χ1) is 13.5. The van der Waals surface area contributed by atoms with Gasteiger partial charge in [-0.1, -0.05) is 0 Å². The van der Waals surface area contributed by atoms with Gasteiger partial charge in [-0.15, -0.1) is 0 Å². The monoisotopic (exact) mass is 380 g/mol. The first-order valence-electron chi connectivity index (χ1n) is 9.25. The molecule has 0 aliphatic rings. The number of nitrogens with one attached hydrogen (secondary N) is 1. The molecular weight excluding hydrogens is 356 g/mol. The quantitative estimate of drug-likeness (QED) is 0.643. The molecule has 0 radical (unpaired) electrons. The van der Waals surface area contributed by atoms with Crippen molar-refractivity contribution in [3.8, 4) is 5.75 Å². The second-order valence-corrected chi connectivity index (χ2v) is 6.35. The number of fused-ring (bicyclic) bond motifs is 1. The minimum atomic E-state index is -0.412. The predicted molar refractivity (Wildman–Crippen MR) is 109 cm³/mol. The number of methoxy groups -OCH3 is 1. The number of anilines is 1. The van der Waals surface area contributed by atoms with E-state index in [4.69, 9.17) is 9.47 Å². The van der Waals surface area contributed by atoms with Crippen LogP contribution in [-0.4, -0.2) is 30.2 Å². The maximum absolute atomic E-state index is 13.0. The molecule has 0 atom stereocenters. The SMILES string of the molecule is CCOc1ccc2c(c1)c(C)c(C(=O)Nc1ccc(C(=O)OC)cc1)n2CC. The van der Waals surface area contributed by atoms with Crippen LogP contribution in [0.5, 0.6) is 5.75 Å². The van der Waals surface area contributed by atoms with E-state index in [1.54, 1.807) is 24.3 Å².